The van der Waals surface area contributed by atoms with Crippen LogP contribution >= 0.6 is 0 Å². The van der Waals surface area contributed by atoms with E-state index in [1.807, 2.05) is 13.0 Å². The molecule has 2 aromatic rings. The summed E-state index contributed by atoms with van der Waals surface area (Å²) < 4.78 is 34.4. The molecule has 30 heavy (non-hydrogen) atoms. The minimum absolute atomic E-state index is 0.0155. The van der Waals surface area contributed by atoms with Crippen LogP contribution in [0.4, 0.5) is 5.69 Å². The Morgan fingerprint density at radius 2 is 1.77 bits per heavy atom. The van der Waals surface area contributed by atoms with E-state index in [1.165, 1.54) is 43.2 Å². The summed E-state index contributed by atoms with van der Waals surface area (Å²) in [5, 5.41) is 0. The number of methoxy groups -OCH3 is 1. The van der Waals surface area contributed by atoms with Gasteiger partial charge in [-0.2, -0.15) is 0 Å². The molecule has 1 N–H and O–H groups in total. The molecule has 160 valence electrons. The molecular formula is C23H28N2O4S. The lowest BCUT2D eigenvalue weighted by atomic mass is 9.89. The van der Waals surface area contributed by atoms with Crippen molar-refractivity contribution in [2.24, 2.45) is 0 Å². The number of hydrogen-bond donors (Lipinski definition) is 1. The molecule has 2 aromatic carbocycles. The number of aryl methyl sites for hydroxylation is 2. The summed E-state index contributed by atoms with van der Waals surface area (Å²) >= 11 is 0. The molecule has 1 atom stereocenters. The van der Waals surface area contributed by atoms with Crippen LogP contribution in [0.3, 0.4) is 0 Å². The van der Waals surface area contributed by atoms with Crippen molar-refractivity contribution in [3.8, 4) is 5.75 Å². The molecule has 0 aromatic heterocycles. The molecule has 1 heterocycles. The van der Waals surface area contributed by atoms with Crippen molar-refractivity contribution in [1.29, 1.82) is 0 Å². The maximum Gasteiger partial charge on any atom is 0.241 e. The Morgan fingerprint density at radius 1 is 1.00 bits per heavy atom. The maximum absolute atomic E-state index is 13.1. The molecular weight excluding hydrogens is 400 g/mol. The molecule has 0 spiro atoms. The van der Waals surface area contributed by atoms with E-state index in [0.717, 1.165) is 24.8 Å². The van der Waals surface area contributed by atoms with Crippen molar-refractivity contribution in [1.82, 2.24) is 4.72 Å². The SMILES string of the molecule is COc1ccc(S(=O)(=O)N[C@@H](C)c2ccc3c(c2)CCCC3)cc1N1CCCC1=O. The molecule has 7 heteroatoms. The Labute approximate surface area is 178 Å². The van der Waals surface area contributed by atoms with Gasteiger partial charge in [0.15, 0.2) is 0 Å². The number of fused-ring (bicyclic) bond motifs is 1. The van der Waals surface area contributed by atoms with Crippen molar-refractivity contribution in [2.75, 3.05) is 18.6 Å². The first kappa shape index (κ1) is 20.9. The summed E-state index contributed by atoms with van der Waals surface area (Å²) in [6.07, 6.45) is 5.77. The Morgan fingerprint density at radius 3 is 2.47 bits per heavy atom. The third-order valence-corrected chi connectivity index (χ3v) is 7.57. The highest BCUT2D eigenvalue weighted by atomic mass is 32.2. The summed E-state index contributed by atoms with van der Waals surface area (Å²) in [7, 11) is -2.25. The molecule has 0 bridgehead atoms. The number of benzene rings is 2. The number of hydrogen-bond acceptors (Lipinski definition) is 4. The largest absolute Gasteiger partial charge is 0.495 e. The van der Waals surface area contributed by atoms with Gasteiger partial charge in [-0.05, 0) is 73.9 Å². The molecule has 0 unspecified atom stereocenters. The number of carbonyl (C=O) groups excluding carboxylic acids is 1. The highest BCUT2D eigenvalue weighted by Crippen LogP contribution is 2.34. The lowest BCUT2D eigenvalue weighted by molar-refractivity contribution is -0.117. The van der Waals surface area contributed by atoms with E-state index >= 15 is 0 Å². The zero-order valence-electron chi connectivity index (χ0n) is 17.5. The van der Waals surface area contributed by atoms with Gasteiger partial charge < -0.3 is 9.64 Å². The molecule has 2 aliphatic rings. The number of rotatable bonds is 6. The second kappa shape index (κ2) is 8.40. The Bertz CT molecular complexity index is 1060. The normalized spacial score (nSPS) is 17.7. The monoisotopic (exact) mass is 428 g/mol. The van der Waals surface area contributed by atoms with E-state index in [1.54, 1.807) is 11.0 Å². The van der Waals surface area contributed by atoms with E-state index in [4.69, 9.17) is 4.74 Å². The summed E-state index contributed by atoms with van der Waals surface area (Å²) in [5.74, 6) is 0.477. The molecule has 1 aliphatic carbocycles. The topological polar surface area (TPSA) is 75.7 Å². The smallest absolute Gasteiger partial charge is 0.241 e. The van der Waals surface area contributed by atoms with Crippen LogP contribution in [0.2, 0.25) is 0 Å². The summed E-state index contributed by atoms with van der Waals surface area (Å²) in [4.78, 5) is 13.9. The van der Waals surface area contributed by atoms with E-state index in [0.29, 0.717) is 24.4 Å². The molecule has 1 aliphatic heterocycles. The average Bonchev–Trinajstić information content (AvgIpc) is 3.18. The summed E-state index contributed by atoms with van der Waals surface area (Å²) in [6, 6.07) is 10.6. The molecule has 1 amide bonds. The van der Waals surface area contributed by atoms with Crippen LogP contribution in [0.5, 0.6) is 5.75 Å². The number of nitrogens with zero attached hydrogens (tertiary/aromatic N) is 1. The van der Waals surface area contributed by atoms with Crippen LogP contribution in [0, 0.1) is 0 Å². The molecule has 1 fully saturated rings. The van der Waals surface area contributed by atoms with Crippen molar-refractivity contribution >= 4 is 21.6 Å². The molecule has 1 saturated heterocycles. The second-order valence-electron chi connectivity index (χ2n) is 8.06. The molecule has 0 radical (unpaired) electrons. The first-order valence-corrected chi connectivity index (χ1v) is 12.0. The highest BCUT2D eigenvalue weighted by Gasteiger charge is 2.27. The zero-order valence-corrected chi connectivity index (χ0v) is 18.3. The fourth-order valence-electron chi connectivity index (χ4n) is 4.34. The highest BCUT2D eigenvalue weighted by molar-refractivity contribution is 7.89. The Kier molecular flexibility index (Phi) is 5.84. The van der Waals surface area contributed by atoms with Crippen LogP contribution in [0.15, 0.2) is 41.3 Å². The molecule has 4 rings (SSSR count). The van der Waals surface area contributed by atoms with Gasteiger partial charge in [-0.1, -0.05) is 18.2 Å². The van der Waals surface area contributed by atoms with Crippen LogP contribution in [0.1, 0.15) is 55.3 Å². The number of ether oxygens (including phenoxy) is 1. The third kappa shape index (κ3) is 4.09. The predicted molar refractivity (Wildman–Crippen MR) is 116 cm³/mol. The van der Waals surface area contributed by atoms with Crippen LogP contribution in [-0.4, -0.2) is 28.0 Å². The number of amides is 1. The fraction of sp³-hybridized carbons (Fsp3) is 0.435. The Balaban J connectivity index is 1.59. The van der Waals surface area contributed by atoms with Crippen molar-refractivity contribution < 1.29 is 17.9 Å². The van der Waals surface area contributed by atoms with Gasteiger partial charge in [0.2, 0.25) is 15.9 Å². The van der Waals surface area contributed by atoms with Gasteiger partial charge in [-0.15, -0.1) is 0 Å². The summed E-state index contributed by atoms with van der Waals surface area (Å²) in [6.45, 7) is 2.42. The standard InChI is InChI=1S/C23H28N2O4S/c1-16(18-10-9-17-6-3-4-7-19(17)14-18)24-30(27,28)20-11-12-22(29-2)21(15-20)25-13-5-8-23(25)26/h9-12,14-16,24H,3-8,13H2,1-2H3/t16-/m0/s1. The van der Waals surface area contributed by atoms with Gasteiger partial charge in [0, 0.05) is 19.0 Å². The van der Waals surface area contributed by atoms with E-state index in [9.17, 15) is 13.2 Å². The first-order chi connectivity index (χ1) is 14.4. The summed E-state index contributed by atoms with van der Waals surface area (Å²) in [5.41, 5.74) is 4.16. The van der Waals surface area contributed by atoms with Crippen molar-refractivity contribution in [2.45, 2.75) is 56.4 Å². The molecule has 6 nitrogen and oxygen atoms in total. The zero-order chi connectivity index (χ0) is 21.3. The lowest BCUT2D eigenvalue weighted by Gasteiger charge is -2.22. The number of sulfonamides is 1. The van der Waals surface area contributed by atoms with Gasteiger partial charge in [0.25, 0.3) is 0 Å². The van der Waals surface area contributed by atoms with E-state index in [-0.39, 0.29) is 16.8 Å². The Hall–Kier alpha value is -2.38. The quantitative estimate of drug-likeness (QED) is 0.761. The third-order valence-electron chi connectivity index (χ3n) is 6.03. The number of anilines is 1. The minimum Gasteiger partial charge on any atom is -0.495 e. The van der Waals surface area contributed by atoms with Crippen molar-refractivity contribution in [3.05, 3.63) is 53.1 Å². The molecule has 0 saturated carbocycles. The van der Waals surface area contributed by atoms with Gasteiger partial charge in [0.1, 0.15) is 5.75 Å². The minimum atomic E-state index is -3.77. The number of carbonyl (C=O) groups is 1. The number of nitrogens with one attached hydrogen (secondary N) is 1. The van der Waals surface area contributed by atoms with Crippen LogP contribution in [-0.2, 0) is 27.7 Å². The van der Waals surface area contributed by atoms with E-state index in [2.05, 4.69) is 16.9 Å². The maximum atomic E-state index is 13.1. The van der Waals surface area contributed by atoms with Gasteiger partial charge in [-0.25, -0.2) is 13.1 Å². The van der Waals surface area contributed by atoms with Gasteiger partial charge in [-0.3, -0.25) is 4.79 Å². The van der Waals surface area contributed by atoms with Gasteiger partial charge >= 0.3 is 0 Å². The second-order valence-corrected chi connectivity index (χ2v) is 9.77. The van der Waals surface area contributed by atoms with Crippen LogP contribution < -0.4 is 14.4 Å². The average molecular weight is 429 g/mol. The van der Waals surface area contributed by atoms with Crippen molar-refractivity contribution in [3.63, 3.8) is 0 Å². The van der Waals surface area contributed by atoms with Crippen LogP contribution in [0.25, 0.3) is 0 Å². The lowest BCUT2D eigenvalue weighted by Crippen LogP contribution is -2.28. The first-order valence-electron chi connectivity index (χ1n) is 10.5. The predicted octanol–water partition coefficient (Wildman–Crippen LogP) is 3.74. The van der Waals surface area contributed by atoms with E-state index < -0.39 is 10.0 Å². The van der Waals surface area contributed by atoms with Gasteiger partial charge in [0.05, 0.1) is 17.7 Å². The fourth-order valence-corrected chi connectivity index (χ4v) is 5.59.